The zero-order valence-corrected chi connectivity index (χ0v) is 10.8. The molecule has 0 spiro atoms. The molecular formula is C11H12N4O2S. The molecule has 2 rings (SSSR count). The summed E-state index contributed by atoms with van der Waals surface area (Å²) in [7, 11) is 1.83. The lowest BCUT2D eigenvalue weighted by Gasteiger charge is -2.01. The van der Waals surface area contributed by atoms with E-state index in [2.05, 4.69) is 15.5 Å². The van der Waals surface area contributed by atoms with Gasteiger partial charge in [-0.25, -0.2) is 0 Å². The molecule has 18 heavy (non-hydrogen) atoms. The van der Waals surface area contributed by atoms with Crippen LogP contribution < -0.4 is 5.32 Å². The van der Waals surface area contributed by atoms with E-state index in [0.717, 1.165) is 10.6 Å². The van der Waals surface area contributed by atoms with Gasteiger partial charge in [-0.3, -0.25) is 10.1 Å². The Labute approximate surface area is 108 Å². The minimum absolute atomic E-state index is 0.109. The van der Waals surface area contributed by atoms with Gasteiger partial charge in [0.25, 0.3) is 5.69 Å². The maximum atomic E-state index is 10.9. The molecule has 0 amide bonds. The summed E-state index contributed by atoms with van der Waals surface area (Å²) in [6.07, 6.45) is 0. The molecule has 0 saturated heterocycles. The molecule has 0 unspecified atom stereocenters. The van der Waals surface area contributed by atoms with Crippen LogP contribution in [0, 0.1) is 17.0 Å². The van der Waals surface area contributed by atoms with Crippen LogP contribution in [0.1, 0.15) is 10.6 Å². The Morgan fingerprint density at radius 3 is 2.89 bits per heavy atom. The van der Waals surface area contributed by atoms with E-state index >= 15 is 0 Å². The molecule has 1 aromatic heterocycles. The van der Waals surface area contributed by atoms with Crippen molar-refractivity contribution in [3.8, 4) is 10.6 Å². The van der Waals surface area contributed by atoms with Crippen LogP contribution in [0.4, 0.5) is 5.69 Å². The lowest BCUT2D eigenvalue weighted by molar-refractivity contribution is -0.385. The molecular weight excluding hydrogens is 252 g/mol. The van der Waals surface area contributed by atoms with Gasteiger partial charge in [0.1, 0.15) is 10.0 Å². The van der Waals surface area contributed by atoms with Crippen LogP contribution in [0.25, 0.3) is 10.6 Å². The molecule has 1 heterocycles. The third-order valence-corrected chi connectivity index (χ3v) is 3.48. The third-order valence-electron chi connectivity index (χ3n) is 2.53. The van der Waals surface area contributed by atoms with E-state index in [9.17, 15) is 10.1 Å². The molecule has 0 aliphatic carbocycles. The number of aromatic nitrogens is 2. The molecule has 0 fully saturated rings. The molecule has 1 aromatic carbocycles. The van der Waals surface area contributed by atoms with Gasteiger partial charge >= 0.3 is 0 Å². The topological polar surface area (TPSA) is 81.0 Å². The highest BCUT2D eigenvalue weighted by molar-refractivity contribution is 7.14. The second-order valence-electron chi connectivity index (χ2n) is 3.74. The molecule has 0 saturated carbocycles. The van der Waals surface area contributed by atoms with Crippen molar-refractivity contribution >= 4 is 17.0 Å². The van der Waals surface area contributed by atoms with Gasteiger partial charge in [0, 0.05) is 23.7 Å². The Kier molecular flexibility index (Phi) is 3.63. The second kappa shape index (κ2) is 5.19. The van der Waals surface area contributed by atoms with E-state index < -0.39 is 0 Å². The smallest absolute Gasteiger partial charge is 0.273 e. The van der Waals surface area contributed by atoms with Gasteiger partial charge in [0.05, 0.1) is 4.92 Å². The van der Waals surface area contributed by atoms with Crippen molar-refractivity contribution < 1.29 is 4.92 Å². The molecule has 0 atom stereocenters. The SMILES string of the molecule is CNCc1nnc(-c2cccc([N+](=O)[O-])c2C)s1. The van der Waals surface area contributed by atoms with Crippen molar-refractivity contribution in [2.24, 2.45) is 0 Å². The van der Waals surface area contributed by atoms with Crippen LogP contribution in [0.3, 0.4) is 0 Å². The fourth-order valence-electron chi connectivity index (χ4n) is 1.64. The number of rotatable bonds is 4. The largest absolute Gasteiger partial charge is 0.313 e. The predicted molar refractivity (Wildman–Crippen MR) is 69.5 cm³/mol. The van der Waals surface area contributed by atoms with Gasteiger partial charge in [-0.2, -0.15) is 0 Å². The second-order valence-corrected chi connectivity index (χ2v) is 4.80. The molecule has 0 aliphatic rings. The van der Waals surface area contributed by atoms with Crippen LogP contribution in [-0.2, 0) is 6.54 Å². The summed E-state index contributed by atoms with van der Waals surface area (Å²) < 4.78 is 0. The first-order valence-electron chi connectivity index (χ1n) is 5.35. The van der Waals surface area contributed by atoms with E-state index in [4.69, 9.17) is 0 Å². The number of nitrogens with one attached hydrogen (secondary N) is 1. The molecule has 1 N–H and O–H groups in total. The highest BCUT2D eigenvalue weighted by Crippen LogP contribution is 2.31. The van der Waals surface area contributed by atoms with Gasteiger partial charge in [-0.1, -0.05) is 23.5 Å². The van der Waals surface area contributed by atoms with Crippen LogP contribution >= 0.6 is 11.3 Å². The predicted octanol–water partition coefficient (Wildman–Crippen LogP) is 2.14. The van der Waals surface area contributed by atoms with E-state index in [0.29, 0.717) is 17.1 Å². The minimum Gasteiger partial charge on any atom is -0.313 e. The van der Waals surface area contributed by atoms with Crippen molar-refractivity contribution in [3.63, 3.8) is 0 Å². The fraction of sp³-hybridized carbons (Fsp3) is 0.273. The zero-order valence-electron chi connectivity index (χ0n) is 10.0. The van der Waals surface area contributed by atoms with Crippen molar-refractivity contribution in [1.29, 1.82) is 0 Å². The average molecular weight is 264 g/mol. The Balaban J connectivity index is 2.43. The number of hydrogen-bond donors (Lipinski definition) is 1. The number of nitro groups is 1. The van der Waals surface area contributed by atoms with Crippen molar-refractivity contribution in [1.82, 2.24) is 15.5 Å². The van der Waals surface area contributed by atoms with Gasteiger partial charge < -0.3 is 5.32 Å². The number of nitrogens with zero attached hydrogens (tertiary/aromatic N) is 3. The summed E-state index contributed by atoms with van der Waals surface area (Å²) in [5.41, 5.74) is 1.50. The maximum Gasteiger partial charge on any atom is 0.273 e. The molecule has 2 aromatic rings. The van der Waals surface area contributed by atoms with Crippen LogP contribution in [-0.4, -0.2) is 22.2 Å². The molecule has 0 bridgehead atoms. The lowest BCUT2D eigenvalue weighted by Crippen LogP contribution is -2.04. The summed E-state index contributed by atoms with van der Waals surface area (Å²) >= 11 is 1.44. The quantitative estimate of drug-likeness (QED) is 0.676. The van der Waals surface area contributed by atoms with E-state index in [1.165, 1.54) is 17.4 Å². The number of nitro benzene ring substituents is 1. The zero-order chi connectivity index (χ0) is 13.1. The summed E-state index contributed by atoms with van der Waals surface area (Å²) in [4.78, 5) is 10.5. The monoisotopic (exact) mass is 264 g/mol. The van der Waals surface area contributed by atoms with Gasteiger partial charge in [-0.15, -0.1) is 10.2 Å². The van der Waals surface area contributed by atoms with Gasteiger partial charge in [0.15, 0.2) is 0 Å². The Morgan fingerprint density at radius 1 is 1.44 bits per heavy atom. The summed E-state index contributed by atoms with van der Waals surface area (Å²) in [6.45, 7) is 2.37. The Morgan fingerprint density at radius 2 is 2.22 bits per heavy atom. The van der Waals surface area contributed by atoms with Crippen LogP contribution in [0.2, 0.25) is 0 Å². The lowest BCUT2D eigenvalue weighted by atomic mass is 10.1. The van der Waals surface area contributed by atoms with E-state index in [1.807, 2.05) is 13.1 Å². The molecule has 0 aliphatic heterocycles. The first kappa shape index (κ1) is 12.6. The molecule has 7 heteroatoms. The number of benzene rings is 1. The van der Waals surface area contributed by atoms with Crippen molar-refractivity contribution in [2.75, 3.05) is 7.05 Å². The minimum atomic E-state index is -0.381. The molecule has 94 valence electrons. The van der Waals surface area contributed by atoms with Crippen LogP contribution in [0.15, 0.2) is 18.2 Å². The fourth-order valence-corrected chi connectivity index (χ4v) is 2.57. The highest BCUT2D eigenvalue weighted by atomic mass is 32.1. The summed E-state index contributed by atoms with van der Waals surface area (Å²) in [5.74, 6) is 0. The summed E-state index contributed by atoms with van der Waals surface area (Å²) in [5, 5.41) is 23.5. The Bertz CT molecular complexity index is 582. The van der Waals surface area contributed by atoms with Crippen LogP contribution in [0.5, 0.6) is 0 Å². The van der Waals surface area contributed by atoms with Crippen molar-refractivity contribution in [2.45, 2.75) is 13.5 Å². The first-order valence-corrected chi connectivity index (χ1v) is 6.16. The number of hydrogen-bond acceptors (Lipinski definition) is 6. The van der Waals surface area contributed by atoms with E-state index in [-0.39, 0.29) is 10.6 Å². The molecule has 6 nitrogen and oxygen atoms in total. The maximum absolute atomic E-state index is 10.9. The Hall–Kier alpha value is -1.86. The van der Waals surface area contributed by atoms with Gasteiger partial charge in [-0.05, 0) is 14.0 Å². The van der Waals surface area contributed by atoms with E-state index in [1.54, 1.807) is 13.0 Å². The normalized spacial score (nSPS) is 10.6. The summed E-state index contributed by atoms with van der Waals surface area (Å²) in [6, 6.07) is 4.99. The third kappa shape index (κ3) is 2.36. The highest BCUT2D eigenvalue weighted by Gasteiger charge is 2.16. The standard InChI is InChI=1S/C11H12N4O2S/c1-7-8(4-3-5-9(7)15(16)17)11-14-13-10(18-11)6-12-2/h3-5,12H,6H2,1-2H3. The molecule has 0 radical (unpaired) electrons. The van der Waals surface area contributed by atoms with Gasteiger partial charge in [0.2, 0.25) is 0 Å². The average Bonchev–Trinajstić information content (AvgIpc) is 2.78. The first-order chi connectivity index (χ1) is 8.63. The van der Waals surface area contributed by atoms with Crippen molar-refractivity contribution in [3.05, 3.63) is 38.9 Å².